The van der Waals surface area contributed by atoms with Crippen molar-refractivity contribution in [3.05, 3.63) is 24.3 Å². The number of amides is 2. The highest BCUT2D eigenvalue weighted by atomic mass is 16.5. The van der Waals surface area contributed by atoms with Gasteiger partial charge in [-0.15, -0.1) is 0 Å². The van der Waals surface area contributed by atoms with Crippen molar-refractivity contribution in [2.24, 2.45) is 11.8 Å². The molecule has 0 aliphatic carbocycles. The van der Waals surface area contributed by atoms with Gasteiger partial charge in [-0.3, -0.25) is 9.59 Å². The van der Waals surface area contributed by atoms with E-state index < -0.39 is 0 Å². The lowest BCUT2D eigenvalue weighted by atomic mass is 10.1. The lowest BCUT2D eigenvalue weighted by molar-refractivity contribution is -0.126. The van der Waals surface area contributed by atoms with E-state index in [0.717, 1.165) is 11.4 Å². The first-order chi connectivity index (χ1) is 10.5. The molecule has 0 aromatic heterocycles. The van der Waals surface area contributed by atoms with Gasteiger partial charge in [-0.05, 0) is 37.1 Å². The minimum absolute atomic E-state index is 0.00569. The molecular formula is C17H24N2O3. The van der Waals surface area contributed by atoms with E-state index in [4.69, 9.17) is 4.74 Å². The summed E-state index contributed by atoms with van der Waals surface area (Å²) in [4.78, 5) is 25.9. The Morgan fingerprint density at radius 1 is 1.36 bits per heavy atom. The Hall–Kier alpha value is -2.04. The second kappa shape index (κ2) is 7.29. The number of carbonyl (C=O) groups excluding carboxylic acids is 2. The van der Waals surface area contributed by atoms with Crippen LogP contribution < -0.4 is 15.0 Å². The molecule has 1 aliphatic heterocycles. The van der Waals surface area contributed by atoms with Gasteiger partial charge < -0.3 is 15.0 Å². The lowest BCUT2D eigenvalue weighted by Crippen LogP contribution is -2.34. The first-order valence-corrected chi connectivity index (χ1v) is 7.82. The van der Waals surface area contributed by atoms with Crippen molar-refractivity contribution >= 4 is 17.5 Å². The summed E-state index contributed by atoms with van der Waals surface area (Å²) in [6.07, 6.45) is 0.275. The number of carbonyl (C=O) groups is 2. The molecular weight excluding hydrogens is 280 g/mol. The summed E-state index contributed by atoms with van der Waals surface area (Å²) in [5.74, 6) is 0.884. The van der Waals surface area contributed by atoms with Crippen LogP contribution in [0.25, 0.3) is 0 Å². The summed E-state index contributed by atoms with van der Waals surface area (Å²) in [5, 5.41) is 2.90. The molecule has 1 aromatic rings. The summed E-state index contributed by atoms with van der Waals surface area (Å²) in [6, 6.07) is 7.41. The molecule has 1 aliphatic rings. The average Bonchev–Trinajstić information content (AvgIpc) is 2.88. The molecule has 5 heteroatoms. The molecule has 0 spiro atoms. The number of hydrogen-bond acceptors (Lipinski definition) is 3. The molecule has 0 saturated carbocycles. The van der Waals surface area contributed by atoms with Gasteiger partial charge in [-0.25, -0.2) is 0 Å². The van der Waals surface area contributed by atoms with E-state index in [1.54, 1.807) is 4.90 Å². The highest BCUT2D eigenvalue weighted by Crippen LogP contribution is 2.27. The zero-order valence-electron chi connectivity index (χ0n) is 13.5. The molecule has 22 heavy (non-hydrogen) atoms. The van der Waals surface area contributed by atoms with Crippen molar-refractivity contribution in [3.63, 3.8) is 0 Å². The predicted molar refractivity (Wildman–Crippen MR) is 85.9 cm³/mol. The molecule has 1 N–H and O–H groups in total. The van der Waals surface area contributed by atoms with Crippen LogP contribution in [-0.4, -0.2) is 31.5 Å². The Morgan fingerprint density at radius 3 is 2.64 bits per heavy atom. The predicted octanol–water partition coefficient (Wildman–Crippen LogP) is 2.21. The van der Waals surface area contributed by atoms with Crippen LogP contribution in [0.15, 0.2) is 24.3 Å². The number of nitrogens with zero attached hydrogens (tertiary/aromatic N) is 1. The van der Waals surface area contributed by atoms with Gasteiger partial charge in [0.15, 0.2) is 0 Å². The van der Waals surface area contributed by atoms with Gasteiger partial charge in [0.05, 0.1) is 12.5 Å². The fraction of sp³-hybridized carbons (Fsp3) is 0.529. The molecule has 0 bridgehead atoms. The number of hydrogen-bond donors (Lipinski definition) is 1. The van der Waals surface area contributed by atoms with Crippen molar-refractivity contribution in [1.82, 2.24) is 5.32 Å². The average molecular weight is 304 g/mol. The van der Waals surface area contributed by atoms with Gasteiger partial charge in [-0.2, -0.15) is 0 Å². The van der Waals surface area contributed by atoms with Gasteiger partial charge in [0, 0.05) is 25.2 Å². The number of ether oxygens (including phenoxy) is 1. The second-order valence-corrected chi connectivity index (χ2v) is 5.97. The molecule has 120 valence electrons. The third kappa shape index (κ3) is 4.00. The van der Waals surface area contributed by atoms with Crippen LogP contribution in [0.3, 0.4) is 0 Å². The number of rotatable bonds is 6. The van der Waals surface area contributed by atoms with Crippen LogP contribution in [0.4, 0.5) is 5.69 Å². The monoisotopic (exact) mass is 304 g/mol. The summed E-state index contributed by atoms with van der Waals surface area (Å²) < 4.78 is 5.40. The van der Waals surface area contributed by atoms with E-state index in [1.807, 2.05) is 45.0 Å². The van der Waals surface area contributed by atoms with Gasteiger partial charge in [-0.1, -0.05) is 13.8 Å². The maximum absolute atomic E-state index is 12.2. The molecule has 2 rings (SSSR count). The maximum atomic E-state index is 12.2. The molecule has 0 radical (unpaired) electrons. The molecule has 1 atom stereocenters. The van der Waals surface area contributed by atoms with Crippen LogP contribution in [0.5, 0.6) is 5.75 Å². The highest BCUT2D eigenvalue weighted by molar-refractivity contribution is 6.00. The number of benzene rings is 1. The van der Waals surface area contributed by atoms with Crippen LogP contribution in [0, 0.1) is 11.8 Å². The Balaban J connectivity index is 1.98. The van der Waals surface area contributed by atoms with Crippen LogP contribution in [0.1, 0.15) is 27.2 Å². The van der Waals surface area contributed by atoms with E-state index in [9.17, 15) is 9.59 Å². The minimum Gasteiger partial charge on any atom is -0.494 e. The molecule has 5 nitrogen and oxygen atoms in total. The first kappa shape index (κ1) is 16.3. The molecule has 2 amide bonds. The Labute approximate surface area is 131 Å². The van der Waals surface area contributed by atoms with E-state index in [0.29, 0.717) is 25.6 Å². The fourth-order valence-electron chi connectivity index (χ4n) is 2.47. The van der Waals surface area contributed by atoms with Gasteiger partial charge in [0.25, 0.3) is 0 Å². The minimum atomic E-state index is -0.266. The lowest BCUT2D eigenvalue weighted by Gasteiger charge is -2.17. The normalized spacial score (nSPS) is 17.9. The zero-order chi connectivity index (χ0) is 16.1. The van der Waals surface area contributed by atoms with Crippen molar-refractivity contribution in [3.8, 4) is 5.75 Å². The Kier molecular flexibility index (Phi) is 5.41. The molecule has 1 heterocycles. The molecule has 0 unspecified atom stereocenters. The summed E-state index contributed by atoms with van der Waals surface area (Å²) >= 11 is 0. The smallest absolute Gasteiger partial charge is 0.227 e. The first-order valence-electron chi connectivity index (χ1n) is 7.82. The number of anilines is 1. The van der Waals surface area contributed by atoms with Crippen molar-refractivity contribution in [2.45, 2.75) is 27.2 Å². The summed E-state index contributed by atoms with van der Waals surface area (Å²) in [6.45, 7) is 7.72. The van der Waals surface area contributed by atoms with E-state index in [1.165, 1.54) is 0 Å². The quantitative estimate of drug-likeness (QED) is 0.876. The molecule has 1 saturated heterocycles. The third-order valence-electron chi connectivity index (χ3n) is 3.64. The Bertz CT molecular complexity index is 525. The summed E-state index contributed by atoms with van der Waals surface area (Å²) in [5.41, 5.74) is 0.813. The van der Waals surface area contributed by atoms with Crippen molar-refractivity contribution in [1.29, 1.82) is 0 Å². The second-order valence-electron chi connectivity index (χ2n) is 5.97. The van der Waals surface area contributed by atoms with Crippen molar-refractivity contribution < 1.29 is 14.3 Å². The SMILES string of the molecule is CCOc1ccc(N2C[C@@H](C(=O)NCC(C)C)CC2=O)cc1. The van der Waals surface area contributed by atoms with Gasteiger partial charge >= 0.3 is 0 Å². The third-order valence-corrected chi connectivity index (χ3v) is 3.64. The highest BCUT2D eigenvalue weighted by Gasteiger charge is 2.34. The standard InChI is InChI=1S/C17H24N2O3/c1-4-22-15-7-5-14(6-8-15)19-11-13(9-16(19)20)17(21)18-10-12(2)3/h5-8,12-13H,4,9-11H2,1-3H3,(H,18,21)/t13-/m0/s1. The van der Waals surface area contributed by atoms with Gasteiger partial charge in [0.1, 0.15) is 5.75 Å². The topological polar surface area (TPSA) is 58.6 Å². The van der Waals surface area contributed by atoms with E-state index in [-0.39, 0.29) is 24.2 Å². The zero-order valence-corrected chi connectivity index (χ0v) is 13.5. The molecule has 1 aromatic carbocycles. The Morgan fingerprint density at radius 2 is 2.05 bits per heavy atom. The van der Waals surface area contributed by atoms with Crippen LogP contribution in [-0.2, 0) is 9.59 Å². The van der Waals surface area contributed by atoms with Gasteiger partial charge in [0.2, 0.25) is 11.8 Å². The van der Waals surface area contributed by atoms with E-state index in [2.05, 4.69) is 5.32 Å². The molecule has 1 fully saturated rings. The van der Waals surface area contributed by atoms with Crippen LogP contribution >= 0.6 is 0 Å². The van der Waals surface area contributed by atoms with Crippen LogP contribution in [0.2, 0.25) is 0 Å². The largest absolute Gasteiger partial charge is 0.494 e. The number of nitrogens with one attached hydrogen (secondary N) is 1. The fourth-order valence-corrected chi connectivity index (χ4v) is 2.47. The maximum Gasteiger partial charge on any atom is 0.227 e. The summed E-state index contributed by atoms with van der Waals surface area (Å²) in [7, 11) is 0. The van der Waals surface area contributed by atoms with Crippen molar-refractivity contribution in [2.75, 3.05) is 24.6 Å². The van der Waals surface area contributed by atoms with E-state index >= 15 is 0 Å².